The van der Waals surface area contributed by atoms with Gasteiger partial charge in [-0.1, -0.05) is 0 Å². The second-order valence-corrected chi connectivity index (χ2v) is 5.36. The molecule has 0 saturated heterocycles. The van der Waals surface area contributed by atoms with Gasteiger partial charge in [-0.05, 0) is 34.0 Å². The molecule has 1 rings (SSSR count). The van der Waals surface area contributed by atoms with Crippen LogP contribution in [0.1, 0.15) is 36.8 Å². The molecule has 0 fully saturated rings. The van der Waals surface area contributed by atoms with Crippen LogP contribution >= 0.6 is 11.8 Å². The highest BCUT2D eigenvalue weighted by Crippen LogP contribution is 2.21. The first-order valence-corrected chi connectivity index (χ1v) is 7.11. The van der Waals surface area contributed by atoms with Crippen molar-refractivity contribution in [3.05, 3.63) is 17.0 Å². The third kappa shape index (κ3) is 3.01. The van der Waals surface area contributed by atoms with Crippen LogP contribution in [0.5, 0.6) is 0 Å². The van der Waals surface area contributed by atoms with E-state index in [0.29, 0.717) is 12.1 Å². The largest absolute Gasteiger partial charge is 0.307 e. The highest BCUT2D eigenvalue weighted by molar-refractivity contribution is 7.98. The van der Waals surface area contributed by atoms with Gasteiger partial charge >= 0.3 is 0 Å². The molecule has 0 spiro atoms. The summed E-state index contributed by atoms with van der Waals surface area (Å²) in [5, 5.41) is 8.07. The van der Waals surface area contributed by atoms with E-state index in [0.717, 1.165) is 11.4 Å². The monoisotopic (exact) mass is 241 g/mol. The first-order valence-electron chi connectivity index (χ1n) is 5.72. The molecule has 1 N–H and O–H groups in total. The van der Waals surface area contributed by atoms with E-state index < -0.39 is 0 Å². The molecule has 1 aromatic heterocycles. The normalized spacial score (nSPS) is 15.1. The van der Waals surface area contributed by atoms with Gasteiger partial charge in [0.15, 0.2) is 0 Å². The molecule has 0 aliphatic carbocycles. The van der Waals surface area contributed by atoms with Gasteiger partial charge in [-0.15, -0.1) is 0 Å². The molecule has 4 heteroatoms. The van der Waals surface area contributed by atoms with E-state index in [1.165, 1.54) is 11.3 Å². The zero-order valence-corrected chi connectivity index (χ0v) is 12.0. The van der Waals surface area contributed by atoms with E-state index in [2.05, 4.69) is 44.4 Å². The fourth-order valence-electron chi connectivity index (χ4n) is 2.22. The third-order valence-electron chi connectivity index (χ3n) is 2.95. The number of nitrogens with one attached hydrogen (secondary N) is 1. The van der Waals surface area contributed by atoms with Crippen LogP contribution in [0, 0.1) is 13.8 Å². The molecule has 2 unspecified atom stereocenters. The maximum Gasteiger partial charge on any atom is 0.0644 e. The quantitative estimate of drug-likeness (QED) is 0.858. The smallest absolute Gasteiger partial charge is 0.0644 e. The average molecular weight is 241 g/mol. The zero-order valence-electron chi connectivity index (χ0n) is 11.2. The average Bonchev–Trinajstić information content (AvgIpc) is 2.41. The Bertz CT molecular complexity index is 346. The molecule has 1 heterocycles. The Morgan fingerprint density at radius 2 is 2.00 bits per heavy atom. The maximum absolute atomic E-state index is 4.46. The van der Waals surface area contributed by atoms with Crippen LogP contribution in [-0.2, 0) is 7.05 Å². The molecule has 92 valence electrons. The molecular formula is C12H23N3S. The summed E-state index contributed by atoms with van der Waals surface area (Å²) in [7, 11) is 2.00. The number of hydrogen-bond acceptors (Lipinski definition) is 3. The first-order chi connectivity index (χ1) is 7.47. The molecule has 0 radical (unpaired) electrons. The zero-order chi connectivity index (χ0) is 12.3. The van der Waals surface area contributed by atoms with Gasteiger partial charge in [-0.3, -0.25) is 4.68 Å². The van der Waals surface area contributed by atoms with Crippen molar-refractivity contribution >= 4 is 11.8 Å². The molecular weight excluding hydrogens is 218 g/mol. The van der Waals surface area contributed by atoms with Crippen LogP contribution < -0.4 is 5.32 Å². The minimum Gasteiger partial charge on any atom is -0.307 e. The van der Waals surface area contributed by atoms with E-state index in [4.69, 9.17) is 0 Å². The Labute approximate surface area is 103 Å². The molecule has 0 bridgehead atoms. The molecule has 0 aliphatic rings. The number of aromatic nitrogens is 2. The Kier molecular flexibility index (Phi) is 4.87. The van der Waals surface area contributed by atoms with Gasteiger partial charge < -0.3 is 5.32 Å². The number of aryl methyl sites for hydroxylation is 2. The van der Waals surface area contributed by atoms with Crippen molar-refractivity contribution in [1.29, 1.82) is 0 Å². The molecule has 16 heavy (non-hydrogen) atoms. The minimum atomic E-state index is 0.371. The second kappa shape index (κ2) is 5.73. The van der Waals surface area contributed by atoms with Crippen molar-refractivity contribution in [1.82, 2.24) is 15.1 Å². The standard InChI is InChI=1S/C12H23N3S/c1-8(7-16-6)13-9(2)12-10(3)14-15(5)11(12)4/h8-9,13H,7H2,1-6H3. The molecule has 0 saturated carbocycles. The summed E-state index contributed by atoms with van der Waals surface area (Å²) in [6, 6.07) is 0.903. The van der Waals surface area contributed by atoms with Crippen molar-refractivity contribution in [3.8, 4) is 0 Å². The highest BCUT2D eigenvalue weighted by atomic mass is 32.2. The first kappa shape index (κ1) is 13.6. The number of thioether (sulfide) groups is 1. The molecule has 3 nitrogen and oxygen atoms in total. The Hall–Kier alpha value is -0.480. The summed E-state index contributed by atoms with van der Waals surface area (Å²) in [5.74, 6) is 1.14. The Morgan fingerprint density at radius 1 is 1.38 bits per heavy atom. The van der Waals surface area contributed by atoms with Crippen molar-refractivity contribution in [3.63, 3.8) is 0 Å². The van der Waals surface area contributed by atoms with Gasteiger partial charge in [-0.2, -0.15) is 16.9 Å². The fourth-order valence-corrected chi connectivity index (χ4v) is 2.82. The van der Waals surface area contributed by atoms with Crippen molar-refractivity contribution < 1.29 is 0 Å². The maximum atomic E-state index is 4.46. The van der Waals surface area contributed by atoms with Crippen molar-refractivity contribution in [2.24, 2.45) is 7.05 Å². The summed E-state index contributed by atoms with van der Waals surface area (Å²) in [6.07, 6.45) is 2.14. The van der Waals surface area contributed by atoms with Crippen LogP contribution in [0.25, 0.3) is 0 Å². The van der Waals surface area contributed by atoms with Crippen molar-refractivity contribution in [2.45, 2.75) is 39.8 Å². The van der Waals surface area contributed by atoms with E-state index in [9.17, 15) is 0 Å². The lowest BCUT2D eigenvalue weighted by Gasteiger charge is -2.20. The van der Waals surface area contributed by atoms with Gasteiger partial charge in [0.25, 0.3) is 0 Å². The third-order valence-corrected chi connectivity index (χ3v) is 3.78. The topological polar surface area (TPSA) is 29.9 Å². The summed E-state index contributed by atoms with van der Waals surface area (Å²) >= 11 is 1.88. The van der Waals surface area contributed by atoms with Crippen LogP contribution in [0.2, 0.25) is 0 Å². The van der Waals surface area contributed by atoms with Gasteiger partial charge in [0.1, 0.15) is 0 Å². The van der Waals surface area contributed by atoms with Crippen LogP contribution in [0.15, 0.2) is 0 Å². The SMILES string of the molecule is CSCC(C)NC(C)c1c(C)nn(C)c1C. The van der Waals surface area contributed by atoms with E-state index in [-0.39, 0.29) is 0 Å². The van der Waals surface area contributed by atoms with E-state index in [1.54, 1.807) is 0 Å². The predicted octanol–water partition coefficient (Wildman–Crippen LogP) is 2.44. The lowest BCUT2D eigenvalue weighted by atomic mass is 10.1. The number of rotatable bonds is 5. The lowest BCUT2D eigenvalue weighted by molar-refractivity contribution is 0.507. The van der Waals surface area contributed by atoms with E-state index >= 15 is 0 Å². The molecule has 0 amide bonds. The summed E-state index contributed by atoms with van der Waals surface area (Å²) < 4.78 is 1.96. The lowest BCUT2D eigenvalue weighted by Crippen LogP contribution is -2.31. The van der Waals surface area contributed by atoms with Gasteiger partial charge in [0.05, 0.1) is 5.69 Å². The molecule has 1 aromatic rings. The summed E-state index contributed by atoms with van der Waals surface area (Å²) in [6.45, 7) is 8.66. The van der Waals surface area contributed by atoms with Gasteiger partial charge in [0.2, 0.25) is 0 Å². The molecule has 0 aliphatic heterocycles. The molecule has 0 aromatic carbocycles. The summed E-state index contributed by atoms with van der Waals surface area (Å²) in [5.41, 5.74) is 3.74. The van der Waals surface area contributed by atoms with Gasteiger partial charge in [0, 0.05) is 36.1 Å². The highest BCUT2D eigenvalue weighted by Gasteiger charge is 2.17. The predicted molar refractivity (Wildman–Crippen MR) is 72.1 cm³/mol. The van der Waals surface area contributed by atoms with E-state index in [1.807, 2.05) is 23.5 Å². The van der Waals surface area contributed by atoms with Crippen molar-refractivity contribution in [2.75, 3.05) is 12.0 Å². The van der Waals surface area contributed by atoms with Gasteiger partial charge in [-0.25, -0.2) is 0 Å². The second-order valence-electron chi connectivity index (χ2n) is 4.45. The van der Waals surface area contributed by atoms with Crippen LogP contribution in [0.3, 0.4) is 0 Å². The Morgan fingerprint density at radius 3 is 2.44 bits per heavy atom. The fraction of sp³-hybridized carbons (Fsp3) is 0.750. The number of hydrogen-bond donors (Lipinski definition) is 1. The van der Waals surface area contributed by atoms with Crippen LogP contribution in [0.4, 0.5) is 0 Å². The summed E-state index contributed by atoms with van der Waals surface area (Å²) in [4.78, 5) is 0. The number of nitrogens with zero attached hydrogens (tertiary/aromatic N) is 2. The minimum absolute atomic E-state index is 0.371. The molecule has 2 atom stereocenters. The Balaban J connectivity index is 2.76. The van der Waals surface area contributed by atoms with Crippen LogP contribution in [-0.4, -0.2) is 27.8 Å².